The summed E-state index contributed by atoms with van der Waals surface area (Å²) in [5, 5.41) is 6.93. The van der Waals surface area contributed by atoms with Gasteiger partial charge in [-0.25, -0.2) is 4.98 Å². The molecule has 7 rings (SSSR count). The molecule has 7 heteroatoms. The normalized spacial score (nSPS) is 11.3. The predicted molar refractivity (Wildman–Crippen MR) is 183 cm³/mol. The number of hydrogen-bond acceptors (Lipinski definition) is 4. The third kappa shape index (κ3) is 5.74. The fraction of sp³-hybridized carbons (Fsp3) is 0.179. The summed E-state index contributed by atoms with van der Waals surface area (Å²) in [6.07, 6.45) is 5.85. The first-order valence-electron chi connectivity index (χ1n) is 15.2. The van der Waals surface area contributed by atoms with Crippen LogP contribution >= 0.6 is 0 Å². The summed E-state index contributed by atoms with van der Waals surface area (Å²) in [5.41, 5.74) is 9.92. The number of aromatic nitrogens is 4. The Balaban J connectivity index is 0.00000372. The van der Waals surface area contributed by atoms with E-state index in [0.717, 1.165) is 38.9 Å². The smallest absolute Gasteiger partial charge is 0.509 e. The van der Waals surface area contributed by atoms with E-state index in [9.17, 15) is 0 Å². The Hall–Kier alpha value is -4.67. The Bertz CT molecular complexity index is 2170. The van der Waals surface area contributed by atoms with Gasteiger partial charge in [-0.2, -0.15) is 17.2 Å². The minimum absolute atomic E-state index is 0. The Labute approximate surface area is 284 Å². The molecule has 0 spiro atoms. The van der Waals surface area contributed by atoms with Crippen molar-refractivity contribution in [3.8, 4) is 34.1 Å². The van der Waals surface area contributed by atoms with Crippen LogP contribution in [0.15, 0.2) is 97.5 Å². The quantitative estimate of drug-likeness (QED) is 0.151. The Morgan fingerprint density at radius 3 is 2.35 bits per heavy atom. The zero-order chi connectivity index (χ0) is 31.2. The van der Waals surface area contributed by atoms with Crippen molar-refractivity contribution >= 4 is 27.5 Å². The molecule has 0 aliphatic carbocycles. The first-order chi connectivity index (χ1) is 21.8. The molecule has 0 saturated heterocycles. The maximum Gasteiger partial charge on any atom is 2.00 e. The number of fused-ring (bicyclic) bond motifs is 3. The number of benzene rings is 4. The number of aryl methyl sites for hydroxylation is 2. The topological polar surface area (TPSA) is 48.1 Å². The second-order valence-electron chi connectivity index (χ2n) is 12.1. The molecule has 0 amide bonds. The van der Waals surface area contributed by atoms with Crippen molar-refractivity contribution in [3.05, 3.63) is 126 Å². The van der Waals surface area contributed by atoms with E-state index in [0.29, 0.717) is 17.4 Å². The molecule has 0 aliphatic rings. The molecule has 3 aromatic heterocycles. The molecule has 0 aliphatic heterocycles. The summed E-state index contributed by atoms with van der Waals surface area (Å²) in [7, 11) is 4.13. The van der Waals surface area contributed by atoms with Crippen LogP contribution in [0.1, 0.15) is 36.5 Å². The Morgan fingerprint density at radius 2 is 1.59 bits per heavy atom. The number of hydrogen-bond donors (Lipinski definition) is 0. The number of pyridine rings is 1. The second-order valence-corrected chi connectivity index (χ2v) is 12.1. The van der Waals surface area contributed by atoms with E-state index in [-0.39, 0.29) is 21.1 Å². The van der Waals surface area contributed by atoms with Crippen molar-refractivity contribution in [2.24, 2.45) is 0 Å². The van der Waals surface area contributed by atoms with E-state index in [1.165, 1.54) is 27.9 Å². The van der Waals surface area contributed by atoms with Crippen LogP contribution in [0, 0.1) is 26.0 Å². The minimum atomic E-state index is 0. The molecule has 7 aromatic rings. The molecule has 6 nitrogen and oxygen atoms in total. The zero-order valence-electron chi connectivity index (χ0n) is 26.8. The van der Waals surface area contributed by atoms with Gasteiger partial charge < -0.3 is 14.2 Å². The van der Waals surface area contributed by atoms with Gasteiger partial charge in [-0.15, -0.1) is 35.7 Å². The molecule has 3 heterocycles. The third-order valence-corrected chi connectivity index (χ3v) is 8.35. The van der Waals surface area contributed by atoms with Gasteiger partial charge in [-0.3, -0.25) is 4.68 Å². The maximum atomic E-state index is 6.37. The van der Waals surface area contributed by atoms with Crippen LogP contribution in [0.5, 0.6) is 11.5 Å². The average Bonchev–Trinajstić information content (AvgIpc) is 3.64. The van der Waals surface area contributed by atoms with E-state index in [1.807, 2.05) is 41.3 Å². The third-order valence-electron chi connectivity index (χ3n) is 8.35. The summed E-state index contributed by atoms with van der Waals surface area (Å²) in [6, 6.07) is 33.9. The van der Waals surface area contributed by atoms with Crippen LogP contribution in [0.2, 0.25) is 0 Å². The van der Waals surface area contributed by atoms with E-state index in [2.05, 4.69) is 129 Å². The van der Waals surface area contributed by atoms with Crippen molar-refractivity contribution in [2.75, 3.05) is 19.0 Å². The summed E-state index contributed by atoms with van der Waals surface area (Å²) >= 11 is 0. The number of nitrogens with zero attached hydrogens (tertiary/aromatic N) is 5. The van der Waals surface area contributed by atoms with Crippen molar-refractivity contribution in [2.45, 2.75) is 33.6 Å². The summed E-state index contributed by atoms with van der Waals surface area (Å²) in [6.45, 7) is 8.69. The van der Waals surface area contributed by atoms with Gasteiger partial charge >= 0.3 is 21.1 Å². The molecule has 232 valence electrons. The monoisotopic (exact) mass is 784 g/mol. The molecule has 0 N–H and O–H groups in total. The largest absolute Gasteiger partial charge is 2.00 e. The van der Waals surface area contributed by atoms with Gasteiger partial charge in [-0.05, 0) is 83.4 Å². The molecular weight excluding hydrogens is 750 g/mol. The van der Waals surface area contributed by atoms with Gasteiger partial charge in [0.05, 0.1) is 6.20 Å². The van der Waals surface area contributed by atoms with Gasteiger partial charge in [0.25, 0.3) is 0 Å². The summed E-state index contributed by atoms with van der Waals surface area (Å²) in [5.74, 6) is 2.46. The van der Waals surface area contributed by atoms with Crippen LogP contribution in [-0.2, 0) is 21.1 Å². The van der Waals surface area contributed by atoms with E-state index in [1.54, 1.807) is 0 Å². The van der Waals surface area contributed by atoms with E-state index in [4.69, 9.17) is 9.72 Å². The molecule has 4 aromatic carbocycles. The van der Waals surface area contributed by atoms with Crippen molar-refractivity contribution in [1.29, 1.82) is 0 Å². The molecule has 0 unspecified atom stereocenters. The van der Waals surface area contributed by atoms with Crippen LogP contribution in [0.25, 0.3) is 44.4 Å². The van der Waals surface area contributed by atoms with Crippen molar-refractivity contribution in [1.82, 2.24) is 19.3 Å². The van der Waals surface area contributed by atoms with Crippen LogP contribution in [-0.4, -0.2) is 33.4 Å². The first-order valence-corrected chi connectivity index (χ1v) is 15.2. The number of anilines is 1. The summed E-state index contributed by atoms with van der Waals surface area (Å²) in [4.78, 5) is 6.88. The summed E-state index contributed by atoms with van der Waals surface area (Å²) < 4.78 is 10.4. The van der Waals surface area contributed by atoms with Gasteiger partial charge in [0.2, 0.25) is 0 Å². The Kier molecular flexibility index (Phi) is 8.59. The molecular formula is C39H35N5OPt. The molecule has 46 heavy (non-hydrogen) atoms. The molecule has 0 radical (unpaired) electrons. The second kappa shape index (κ2) is 12.6. The number of para-hydroxylation sites is 1. The fourth-order valence-corrected chi connectivity index (χ4v) is 6.07. The maximum absolute atomic E-state index is 6.37. The van der Waals surface area contributed by atoms with Crippen LogP contribution < -0.4 is 9.64 Å². The number of ether oxygens (including phenoxy) is 1. The van der Waals surface area contributed by atoms with Gasteiger partial charge in [0.15, 0.2) is 0 Å². The average molecular weight is 785 g/mol. The Morgan fingerprint density at radius 1 is 0.826 bits per heavy atom. The van der Waals surface area contributed by atoms with E-state index >= 15 is 0 Å². The van der Waals surface area contributed by atoms with Crippen LogP contribution in [0.4, 0.5) is 5.69 Å². The minimum Gasteiger partial charge on any atom is -0.509 e. The standard InChI is InChI=1S/C39H35N5O.Pt/c1-25(2)28-16-17-40-38(20-28)44-36-13-8-7-12-34(36)35-15-14-33(22-37(35)44)45-32-11-9-10-30(21-32)43-24-29(23-41-43)39-26(3)18-31(42(5)6)19-27(39)4;/h7-20,23-25H,1-6H3;/q-2;+2. The fourth-order valence-electron chi connectivity index (χ4n) is 6.07. The van der Waals surface area contributed by atoms with E-state index < -0.39 is 0 Å². The SMILES string of the molecule is Cc1cc(N(C)C)cc(C)c1-c1cnn(-c2[c-]c(Oc3[c-]c4c(cc3)c3ccccc3n4-c3cc(C(C)C)ccn3)ccc2)c1.[Pt+2]. The van der Waals surface area contributed by atoms with Gasteiger partial charge in [-0.1, -0.05) is 37.6 Å². The molecule has 0 bridgehead atoms. The van der Waals surface area contributed by atoms with Crippen molar-refractivity contribution < 1.29 is 25.8 Å². The molecule has 0 saturated carbocycles. The number of rotatable bonds is 7. The molecule has 0 atom stereocenters. The first kappa shape index (κ1) is 31.3. The van der Waals surface area contributed by atoms with Gasteiger partial charge in [0, 0.05) is 54.8 Å². The predicted octanol–water partition coefficient (Wildman–Crippen LogP) is 9.23. The molecule has 0 fully saturated rings. The van der Waals surface area contributed by atoms with Gasteiger partial charge in [0.1, 0.15) is 5.82 Å². The zero-order valence-corrected chi connectivity index (χ0v) is 29.0. The van der Waals surface area contributed by atoms with Crippen molar-refractivity contribution in [3.63, 3.8) is 0 Å². The van der Waals surface area contributed by atoms with Crippen LogP contribution in [0.3, 0.4) is 0 Å².